The van der Waals surface area contributed by atoms with E-state index in [0.29, 0.717) is 12.2 Å². The number of amides is 1. The number of fused-ring (bicyclic) bond motifs is 1. The van der Waals surface area contributed by atoms with E-state index in [1.807, 2.05) is 0 Å². The molecule has 134 valence electrons. The van der Waals surface area contributed by atoms with E-state index in [4.69, 9.17) is 0 Å². The van der Waals surface area contributed by atoms with Gasteiger partial charge in [0.1, 0.15) is 5.84 Å². The first kappa shape index (κ1) is 17.4. The van der Waals surface area contributed by atoms with Crippen molar-refractivity contribution in [3.8, 4) is 0 Å². The number of nitrogens with zero attached hydrogens (tertiary/aromatic N) is 4. The number of thioether (sulfide) groups is 1. The molecule has 24 heavy (non-hydrogen) atoms. The van der Waals surface area contributed by atoms with E-state index in [9.17, 15) is 31.1 Å². The molecule has 0 radical (unpaired) electrons. The van der Waals surface area contributed by atoms with Crippen LogP contribution in [0.5, 0.6) is 0 Å². The molecular formula is C12H12F6N4OS. The minimum atomic E-state index is -5.73. The SMILES string of the molecule is O=C1CCCN1CC1=NC(C(F)(F)F)(C(F)(F)F)N=C2SCCN12. The smallest absolute Gasteiger partial charge is 0.335 e. The number of aliphatic imine (C=N–C) groups is 2. The Labute approximate surface area is 136 Å². The Kier molecular flexibility index (Phi) is 4.00. The summed E-state index contributed by atoms with van der Waals surface area (Å²) in [4.78, 5) is 20.0. The summed E-state index contributed by atoms with van der Waals surface area (Å²) in [5, 5.41) is -0.360. The van der Waals surface area contributed by atoms with Gasteiger partial charge in [-0.15, -0.1) is 0 Å². The van der Waals surface area contributed by atoms with Gasteiger partial charge in [0.05, 0.1) is 6.54 Å². The highest BCUT2D eigenvalue weighted by atomic mass is 32.2. The van der Waals surface area contributed by atoms with Crippen molar-refractivity contribution in [1.29, 1.82) is 0 Å². The Morgan fingerprint density at radius 1 is 1.08 bits per heavy atom. The predicted molar refractivity (Wildman–Crippen MR) is 74.7 cm³/mol. The molecule has 0 saturated carbocycles. The van der Waals surface area contributed by atoms with Crippen LogP contribution in [-0.2, 0) is 4.79 Å². The first-order chi connectivity index (χ1) is 11.1. The van der Waals surface area contributed by atoms with Gasteiger partial charge in [0.2, 0.25) is 5.91 Å². The molecule has 2 saturated heterocycles. The van der Waals surface area contributed by atoms with Gasteiger partial charge >= 0.3 is 18.0 Å². The molecule has 0 atom stereocenters. The average Bonchev–Trinajstić information content (AvgIpc) is 3.05. The van der Waals surface area contributed by atoms with Crippen molar-refractivity contribution in [2.75, 3.05) is 25.4 Å². The zero-order valence-corrected chi connectivity index (χ0v) is 12.9. The van der Waals surface area contributed by atoms with Gasteiger partial charge in [0, 0.05) is 25.3 Å². The summed E-state index contributed by atoms with van der Waals surface area (Å²) in [7, 11) is 0. The fourth-order valence-corrected chi connectivity index (χ4v) is 3.73. The Bertz CT molecular complexity index is 600. The van der Waals surface area contributed by atoms with Gasteiger partial charge in [-0.3, -0.25) is 4.79 Å². The normalized spacial score (nSPS) is 24.2. The van der Waals surface area contributed by atoms with Crippen LogP contribution in [0.3, 0.4) is 0 Å². The number of carbonyl (C=O) groups is 1. The minimum absolute atomic E-state index is 0.205. The van der Waals surface area contributed by atoms with Crippen LogP contribution < -0.4 is 0 Å². The molecule has 1 amide bonds. The van der Waals surface area contributed by atoms with Crippen molar-refractivity contribution in [2.24, 2.45) is 9.98 Å². The molecule has 3 heterocycles. The summed E-state index contributed by atoms with van der Waals surface area (Å²) in [6, 6.07) is 0. The maximum Gasteiger partial charge on any atom is 0.443 e. The number of carbonyl (C=O) groups excluding carboxylic acids is 1. The van der Waals surface area contributed by atoms with Crippen LogP contribution in [0.1, 0.15) is 12.8 Å². The van der Waals surface area contributed by atoms with Crippen LogP contribution in [0.2, 0.25) is 0 Å². The number of likely N-dealkylation sites (tertiary alicyclic amines) is 1. The van der Waals surface area contributed by atoms with Crippen LogP contribution in [-0.4, -0.2) is 70.1 Å². The van der Waals surface area contributed by atoms with Crippen LogP contribution in [0.25, 0.3) is 0 Å². The highest BCUT2D eigenvalue weighted by Crippen LogP contribution is 2.49. The molecule has 0 N–H and O–H groups in total. The van der Waals surface area contributed by atoms with Crippen molar-refractivity contribution < 1.29 is 31.1 Å². The zero-order valence-electron chi connectivity index (χ0n) is 12.1. The Morgan fingerprint density at radius 3 is 2.29 bits per heavy atom. The molecule has 0 spiro atoms. The summed E-state index contributed by atoms with van der Waals surface area (Å²) in [6.07, 6.45) is -10.7. The molecule has 12 heteroatoms. The minimum Gasteiger partial charge on any atom is -0.335 e. The van der Waals surface area contributed by atoms with Crippen molar-refractivity contribution in [1.82, 2.24) is 9.80 Å². The number of hydrogen-bond donors (Lipinski definition) is 0. The Balaban J connectivity index is 2.05. The Hall–Kier alpha value is -1.46. The maximum atomic E-state index is 13.3. The summed E-state index contributed by atoms with van der Waals surface area (Å²) in [5.74, 6) is -0.425. The van der Waals surface area contributed by atoms with E-state index in [2.05, 4.69) is 9.98 Å². The summed E-state index contributed by atoms with van der Waals surface area (Å²) in [5.41, 5.74) is -4.51. The van der Waals surface area contributed by atoms with Crippen molar-refractivity contribution in [3.05, 3.63) is 0 Å². The van der Waals surface area contributed by atoms with E-state index in [1.54, 1.807) is 0 Å². The quantitative estimate of drug-likeness (QED) is 0.697. The van der Waals surface area contributed by atoms with Gasteiger partial charge < -0.3 is 9.80 Å². The van der Waals surface area contributed by atoms with Gasteiger partial charge in [-0.05, 0) is 6.42 Å². The molecule has 0 aromatic carbocycles. The molecule has 3 aliphatic heterocycles. The highest BCUT2D eigenvalue weighted by Gasteiger charge is 2.74. The van der Waals surface area contributed by atoms with E-state index in [1.165, 1.54) is 9.80 Å². The number of halogens is 6. The molecule has 5 nitrogen and oxygen atoms in total. The summed E-state index contributed by atoms with van der Waals surface area (Å²) in [6.45, 7) is 0.110. The largest absolute Gasteiger partial charge is 0.443 e. The van der Waals surface area contributed by atoms with Crippen LogP contribution in [0.4, 0.5) is 26.3 Å². The lowest BCUT2D eigenvalue weighted by atomic mass is 10.1. The van der Waals surface area contributed by atoms with Crippen molar-refractivity contribution in [3.63, 3.8) is 0 Å². The number of alkyl halides is 6. The van der Waals surface area contributed by atoms with Gasteiger partial charge in [-0.1, -0.05) is 11.8 Å². The van der Waals surface area contributed by atoms with E-state index < -0.39 is 23.9 Å². The lowest BCUT2D eigenvalue weighted by Gasteiger charge is -2.37. The number of amidine groups is 2. The van der Waals surface area contributed by atoms with Crippen LogP contribution in [0.15, 0.2) is 9.98 Å². The van der Waals surface area contributed by atoms with E-state index in [0.717, 1.165) is 11.8 Å². The van der Waals surface area contributed by atoms with Crippen LogP contribution >= 0.6 is 11.8 Å². The second-order valence-electron chi connectivity index (χ2n) is 5.51. The van der Waals surface area contributed by atoms with Gasteiger partial charge in [-0.25, -0.2) is 9.98 Å². The molecule has 0 aromatic heterocycles. The molecule has 0 bridgehead atoms. The molecule has 3 rings (SSSR count). The van der Waals surface area contributed by atoms with Crippen molar-refractivity contribution >= 4 is 28.7 Å². The molecule has 0 aliphatic carbocycles. The molecular weight excluding hydrogens is 362 g/mol. The lowest BCUT2D eigenvalue weighted by Crippen LogP contribution is -2.59. The maximum absolute atomic E-state index is 13.3. The zero-order chi connectivity index (χ0) is 17.8. The third-order valence-corrected chi connectivity index (χ3v) is 4.89. The predicted octanol–water partition coefficient (Wildman–Crippen LogP) is 2.25. The third-order valence-electron chi connectivity index (χ3n) is 3.93. The van der Waals surface area contributed by atoms with Gasteiger partial charge in [0.15, 0.2) is 5.17 Å². The monoisotopic (exact) mass is 374 g/mol. The summed E-state index contributed by atoms with van der Waals surface area (Å²) >= 11 is 0.815. The molecule has 3 aliphatic rings. The molecule has 0 unspecified atom stereocenters. The average molecular weight is 374 g/mol. The van der Waals surface area contributed by atoms with E-state index in [-0.39, 0.29) is 37.1 Å². The van der Waals surface area contributed by atoms with Gasteiger partial charge in [0.25, 0.3) is 0 Å². The first-order valence-corrected chi connectivity index (χ1v) is 8.04. The van der Waals surface area contributed by atoms with Gasteiger partial charge in [-0.2, -0.15) is 26.3 Å². The summed E-state index contributed by atoms with van der Waals surface area (Å²) < 4.78 is 79.6. The second-order valence-corrected chi connectivity index (χ2v) is 6.57. The third kappa shape index (κ3) is 2.64. The first-order valence-electron chi connectivity index (χ1n) is 7.05. The highest BCUT2D eigenvalue weighted by molar-refractivity contribution is 8.14. The fraction of sp³-hybridized carbons (Fsp3) is 0.750. The van der Waals surface area contributed by atoms with Crippen LogP contribution in [0, 0.1) is 0 Å². The second kappa shape index (κ2) is 5.53. The molecule has 2 fully saturated rings. The number of rotatable bonds is 2. The number of hydrogen-bond acceptors (Lipinski definition) is 5. The Morgan fingerprint density at radius 2 is 1.75 bits per heavy atom. The van der Waals surface area contributed by atoms with Crippen molar-refractivity contribution in [2.45, 2.75) is 30.9 Å². The van der Waals surface area contributed by atoms with E-state index >= 15 is 0 Å². The molecule has 0 aromatic rings. The standard InChI is InChI=1S/C12H12F6N4OS/c13-11(14,15)10(12(16,17)18)19-7(6-21-3-1-2-8(21)23)22-4-5-24-9(22)20-10/h1-6H2. The topological polar surface area (TPSA) is 48.3 Å². The lowest BCUT2D eigenvalue weighted by molar-refractivity contribution is -0.292. The fourth-order valence-electron chi connectivity index (χ4n) is 2.72.